The highest BCUT2D eigenvalue weighted by Gasteiger charge is 2.11. The van der Waals surface area contributed by atoms with Crippen molar-refractivity contribution in [2.75, 3.05) is 6.26 Å². The Labute approximate surface area is 164 Å². The van der Waals surface area contributed by atoms with Crippen molar-refractivity contribution in [3.63, 3.8) is 0 Å². The molecule has 0 saturated carbocycles. The molecule has 2 rings (SSSR count). The normalized spacial score (nSPS) is 11.1. The van der Waals surface area contributed by atoms with Crippen LogP contribution < -0.4 is 10.1 Å². The fourth-order valence-corrected chi connectivity index (χ4v) is 3.26. The highest BCUT2D eigenvalue weighted by molar-refractivity contribution is 8.03. The molecule has 0 aliphatic carbocycles. The number of nitrogens with one attached hydrogen (secondary N) is 1. The number of amides is 1. The third kappa shape index (κ3) is 5.44. The van der Waals surface area contributed by atoms with Crippen LogP contribution in [0.15, 0.2) is 47.4 Å². The van der Waals surface area contributed by atoms with Crippen LogP contribution in [-0.4, -0.2) is 17.7 Å². The quantitative estimate of drug-likeness (QED) is 0.517. The second-order valence-corrected chi connectivity index (χ2v) is 6.84. The van der Waals surface area contributed by atoms with Crippen LogP contribution in [0.4, 0.5) is 0 Å². The molecule has 0 unspecified atom stereocenters. The van der Waals surface area contributed by atoms with Gasteiger partial charge in [0.05, 0.1) is 10.4 Å². The van der Waals surface area contributed by atoms with E-state index in [1.807, 2.05) is 43.5 Å². The monoisotopic (exact) mass is 385 g/mol. The Kier molecular flexibility index (Phi) is 7.88. The summed E-state index contributed by atoms with van der Waals surface area (Å²) in [6.45, 7) is 4.68. The average molecular weight is 386 g/mol. The SMILES string of the molecule is CCc1cc(/C=C(\SC)C(=O)NC=S)cc(C)c1OCc1ccccc1. The minimum Gasteiger partial charge on any atom is -0.488 e. The first-order valence-electron chi connectivity index (χ1n) is 8.39. The Hall–Kier alpha value is -2.11. The molecule has 0 atom stereocenters. The molecule has 136 valence electrons. The third-order valence-electron chi connectivity index (χ3n) is 3.91. The summed E-state index contributed by atoms with van der Waals surface area (Å²) in [4.78, 5) is 12.6. The zero-order valence-corrected chi connectivity index (χ0v) is 16.9. The highest BCUT2D eigenvalue weighted by Crippen LogP contribution is 2.29. The number of hydrogen-bond acceptors (Lipinski definition) is 4. The molecular formula is C21H23NO2S2. The number of thiocarbonyl (C=S) groups is 1. The molecule has 0 radical (unpaired) electrons. The summed E-state index contributed by atoms with van der Waals surface area (Å²) >= 11 is 6.09. The average Bonchev–Trinajstić information content (AvgIpc) is 2.65. The van der Waals surface area contributed by atoms with E-state index in [0.717, 1.165) is 34.4 Å². The molecule has 3 nitrogen and oxygen atoms in total. The Morgan fingerprint density at radius 3 is 2.62 bits per heavy atom. The van der Waals surface area contributed by atoms with Gasteiger partial charge >= 0.3 is 0 Å². The third-order valence-corrected chi connectivity index (χ3v) is 4.77. The molecular weight excluding hydrogens is 362 g/mol. The lowest BCUT2D eigenvalue weighted by Gasteiger charge is -2.15. The summed E-state index contributed by atoms with van der Waals surface area (Å²) in [6.07, 6.45) is 4.61. The smallest absolute Gasteiger partial charge is 0.262 e. The molecule has 0 aliphatic heterocycles. The van der Waals surface area contributed by atoms with E-state index in [9.17, 15) is 4.79 Å². The first-order chi connectivity index (χ1) is 12.6. The van der Waals surface area contributed by atoms with E-state index in [1.165, 1.54) is 17.3 Å². The number of rotatable bonds is 8. The maximum Gasteiger partial charge on any atom is 0.262 e. The van der Waals surface area contributed by atoms with Crippen LogP contribution in [0.5, 0.6) is 5.75 Å². The minimum atomic E-state index is -0.187. The number of carbonyl (C=O) groups is 1. The van der Waals surface area contributed by atoms with Crippen molar-refractivity contribution < 1.29 is 9.53 Å². The molecule has 2 aromatic carbocycles. The maximum atomic E-state index is 12.0. The predicted molar refractivity (Wildman–Crippen MR) is 115 cm³/mol. The largest absolute Gasteiger partial charge is 0.488 e. The first-order valence-corrected chi connectivity index (χ1v) is 10.1. The van der Waals surface area contributed by atoms with Gasteiger partial charge in [0, 0.05) is 0 Å². The van der Waals surface area contributed by atoms with Crippen molar-refractivity contribution in [2.45, 2.75) is 26.9 Å². The lowest BCUT2D eigenvalue weighted by molar-refractivity contribution is -0.115. The van der Waals surface area contributed by atoms with Crippen molar-refractivity contribution in [2.24, 2.45) is 0 Å². The van der Waals surface area contributed by atoms with E-state index in [2.05, 4.69) is 30.4 Å². The molecule has 26 heavy (non-hydrogen) atoms. The van der Waals surface area contributed by atoms with Crippen molar-refractivity contribution in [1.29, 1.82) is 0 Å². The molecule has 1 amide bonds. The molecule has 0 aliphatic rings. The van der Waals surface area contributed by atoms with Gasteiger partial charge in [-0.15, -0.1) is 11.8 Å². The molecule has 0 heterocycles. The number of benzene rings is 2. The summed E-state index contributed by atoms with van der Waals surface area (Å²) in [5.41, 5.74) is 5.54. The van der Waals surface area contributed by atoms with E-state index in [-0.39, 0.29) is 5.91 Å². The van der Waals surface area contributed by atoms with E-state index in [4.69, 9.17) is 17.0 Å². The van der Waals surface area contributed by atoms with Crippen LogP contribution in [0.3, 0.4) is 0 Å². The van der Waals surface area contributed by atoms with Crippen LogP contribution in [0.1, 0.15) is 29.2 Å². The molecule has 0 fully saturated rings. The van der Waals surface area contributed by atoms with Gasteiger partial charge in [-0.05, 0) is 60.1 Å². The van der Waals surface area contributed by atoms with Crippen LogP contribution in [-0.2, 0) is 17.8 Å². The van der Waals surface area contributed by atoms with Crippen LogP contribution in [0.25, 0.3) is 6.08 Å². The Bertz CT molecular complexity index is 801. The maximum absolute atomic E-state index is 12.0. The number of thioether (sulfide) groups is 1. The van der Waals surface area contributed by atoms with Crippen LogP contribution in [0, 0.1) is 6.92 Å². The lowest BCUT2D eigenvalue weighted by Crippen LogP contribution is -2.20. The summed E-state index contributed by atoms with van der Waals surface area (Å²) in [7, 11) is 0. The minimum absolute atomic E-state index is 0.187. The molecule has 0 bridgehead atoms. The summed E-state index contributed by atoms with van der Waals surface area (Å²) in [5, 5.41) is 2.55. The standard InChI is InChI=1S/C21H23NO2S2/c1-4-18-11-17(12-19(26-3)21(23)22-14-25)10-15(2)20(18)24-13-16-8-6-5-7-9-16/h5-12,14H,4,13H2,1-3H3,(H,22,23,25)/b19-12-. The van der Waals surface area contributed by atoms with Crippen LogP contribution in [0.2, 0.25) is 0 Å². The van der Waals surface area contributed by atoms with Crippen molar-refractivity contribution in [3.05, 3.63) is 69.6 Å². The molecule has 2 aromatic rings. The molecule has 0 saturated heterocycles. The first kappa shape index (κ1) is 20.2. The van der Waals surface area contributed by atoms with Crippen molar-refractivity contribution in [3.8, 4) is 5.75 Å². The lowest BCUT2D eigenvalue weighted by atomic mass is 10.0. The summed E-state index contributed by atoms with van der Waals surface area (Å²) in [6, 6.07) is 14.2. The molecule has 0 spiro atoms. The predicted octanol–water partition coefficient (Wildman–Crippen LogP) is 4.91. The van der Waals surface area contributed by atoms with E-state index in [1.54, 1.807) is 0 Å². The van der Waals surface area contributed by atoms with E-state index >= 15 is 0 Å². The molecule has 5 heteroatoms. The van der Waals surface area contributed by atoms with Crippen LogP contribution >= 0.6 is 24.0 Å². The van der Waals surface area contributed by atoms with Gasteiger partial charge in [0.1, 0.15) is 12.4 Å². The Morgan fingerprint density at radius 1 is 1.27 bits per heavy atom. The topological polar surface area (TPSA) is 38.3 Å². The van der Waals surface area contributed by atoms with Gasteiger partial charge in [0.15, 0.2) is 0 Å². The second kappa shape index (κ2) is 10.1. The van der Waals surface area contributed by atoms with E-state index < -0.39 is 0 Å². The van der Waals surface area contributed by atoms with E-state index in [0.29, 0.717) is 11.5 Å². The highest BCUT2D eigenvalue weighted by atomic mass is 32.2. The number of ether oxygens (including phenoxy) is 1. The van der Waals surface area contributed by atoms with Gasteiger partial charge < -0.3 is 10.1 Å². The zero-order chi connectivity index (χ0) is 18.9. The fourth-order valence-electron chi connectivity index (χ4n) is 2.65. The molecule has 0 aromatic heterocycles. The Balaban J connectivity index is 2.28. The van der Waals surface area contributed by atoms with Gasteiger partial charge in [-0.1, -0.05) is 49.5 Å². The van der Waals surface area contributed by atoms with Gasteiger partial charge in [-0.3, -0.25) is 4.79 Å². The fraction of sp³-hybridized carbons (Fsp3) is 0.238. The zero-order valence-electron chi connectivity index (χ0n) is 15.2. The van der Waals surface area contributed by atoms with Gasteiger partial charge in [0.25, 0.3) is 5.91 Å². The van der Waals surface area contributed by atoms with Crippen molar-refractivity contribution in [1.82, 2.24) is 5.32 Å². The van der Waals surface area contributed by atoms with Crippen molar-refractivity contribution >= 4 is 41.5 Å². The van der Waals surface area contributed by atoms with Gasteiger partial charge in [-0.2, -0.15) is 0 Å². The number of hydrogen-bond donors (Lipinski definition) is 1. The second-order valence-electron chi connectivity index (χ2n) is 5.76. The van der Waals surface area contributed by atoms with Gasteiger partial charge in [-0.25, -0.2) is 0 Å². The summed E-state index contributed by atoms with van der Waals surface area (Å²) < 4.78 is 6.09. The number of carbonyl (C=O) groups excluding carboxylic acids is 1. The molecule has 1 N–H and O–H groups in total. The number of aryl methyl sites for hydroxylation is 2. The van der Waals surface area contributed by atoms with Gasteiger partial charge in [0.2, 0.25) is 0 Å². The summed E-state index contributed by atoms with van der Waals surface area (Å²) in [5.74, 6) is 0.732. The Morgan fingerprint density at radius 2 is 2.00 bits per heavy atom.